The van der Waals surface area contributed by atoms with Crippen LogP contribution in [0.5, 0.6) is 0 Å². The SMILES string of the molecule is O=C1CCC(N2Cc3cc(C4CCN(Cc5ccc(-c6ccccc6)cc5)CC4)c(F)cc3C2=O)C(=O)N1. The number of carbonyl (C=O) groups is 3. The molecule has 0 bridgehead atoms. The molecule has 1 atom stereocenters. The Balaban J connectivity index is 1.09. The number of halogens is 1. The minimum absolute atomic E-state index is 0.0942. The van der Waals surface area contributed by atoms with Gasteiger partial charge >= 0.3 is 0 Å². The molecule has 6 rings (SSSR count). The van der Waals surface area contributed by atoms with Crippen molar-refractivity contribution >= 4 is 17.7 Å². The van der Waals surface area contributed by atoms with Crippen molar-refractivity contribution in [2.45, 2.75) is 50.7 Å². The third-order valence-corrected chi connectivity index (χ3v) is 8.14. The second-order valence-corrected chi connectivity index (χ2v) is 10.5. The van der Waals surface area contributed by atoms with E-state index in [2.05, 4.69) is 46.6 Å². The lowest BCUT2D eigenvalue weighted by Gasteiger charge is -2.32. The summed E-state index contributed by atoms with van der Waals surface area (Å²) in [7, 11) is 0. The van der Waals surface area contributed by atoms with Gasteiger partial charge in [0.25, 0.3) is 5.91 Å². The molecular formula is C31H30FN3O3. The molecule has 2 fully saturated rings. The van der Waals surface area contributed by atoms with E-state index in [1.807, 2.05) is 24.3 Å². The van der Waals surface area contributed by atoms with Crippen LogP contribution in [0.15, 0.2) is 66.7 Å². The van der Waals surface area contributed by atoms with Crippen LogP contribution >= 0.6 is 0 Å². The van der Waals surface area contributed by atoms with E-state index in [9.17, 15) is 14.4 Å². The molecule has 7 heteroatoms. The maximum absolute atomic E-state index is 15.2. The van der Waals surface area contributed by atoms with Crippen LogP contribution in [0.2, 0.25) is 0 Å². The molecule has 3 aliphatic rings. The van der Waals surface area contributed by atoms with Crippen LogP contribution in [-0.4, -0.2) is 46.7 Å². The monoisotopic (exact) mass is 511 g/mol. The second kappa shape index (κ2) is 10.1. The molecule has 3 aliphatic heterocycles. The average molecular weight is 512 g/mol. The number of rotatable bonds is 5. The van der Waals surface area contributed by atoms with E-state index in [0.717, 1.165) is 38.0 Å². The Kier molecular flexibility index (Phi) is 6.54. The number of benzene rings is 3. The van der Waals surface area contributed by atoms with Crippen LogP contribution in [0.1, 0.15) is 58.6 Å². The van der Waals surface area contributed by atoms with Crippen molar-refractivity contribution < 1.29 is 18.8 Å². The predicted molar refractivity (Wildman–Crippen MR) is 142 cm³/mol. The fourth-order valence-electron chi connectivity index (χ4n) is 6.01. The standard InChI is InChI=1S/C31H30FN3O3/c32-27-17-26-24(19-35(31(26)38)28-10-11-29(36)33-30(28)37)16-25(27)23-12-14-34(15-13-23)18-20-6-8-22(9-7-20)21-4-2-1-3-5-21/h1-9,16-17,23,28H,10-15,18-19H2,(H,33,36,37). The van der Waals surface area contributed by atoms with E-state index in [-0.39, 0.29) is 36.5 Å². The average Bonchev–Trinajstić information content (AvgIpc) is 3.24. The van der Waals surface area contributed by atoms with E-state index in [4.69, 9.17) is 0 Å². The summed E-state index contributed by atoms with van der Waals surface area (Å²) in [6.45, 7) is 2.89. The first kappa shape index (κ1) is 24.5. The minimum atomic E-state index is -0.691. The van der Waals surface area contributed by atoms with Gasteiger partial charge in [-0.15, -0.1) is 0 Å². The molecule has 3 amide bonds. The number of piperidine rings is 2. The molecule has 1 N–H and O–H groups in total. The number of nitrogens with one attached hydrogen (secondary N) is 1. The lowest BCUT2D eigenvalue weighted by atomic mass is 9.87. The zero-order chi connectivity index (χ0) is 26.2. The summed E-state index contributed by atoms with van der Waals surface area (Å²) in [6, 6.07) is 21.5. The number of hydrogen-bond acceptors (Lipinski definition) is 4. The highest BCUT2D eigenvalue weighted by Crippen LogP contribution is 2.35. The molecule has 0 aliphatic carbocycles. The van der Waals surface area contributed by atoms with Crippen molar-refractivity contribution in [1.29, 1.82) is 0 Å². The molecule has 3 heterocycles. The number of amides is 3. The molecule has 38 heavy (non-hydrogen) atoms. The zero-order valence-corrected chi connectivity index (χ0v) is 21.2. The van der Waals surface area contributed by atoms with E-state index >= 15 is 4.39 Å². The molecule has 6 nitrogen and oxygen atoms in total. The minimum Gasteiger partial charge on any atom is -0.322 e. The maximum Gasteiger partial charge on any atom is 0.255 e. The summed E-state index contributed by atoms with van der Waals surface area (Å²) in [6.07, 6.45) is 2.20. The van der Waals surface area contributed by atoms with Gasteiger partial charge in [0.1, 0.15) is 11.9 Å². The summed E-state index contributed by atoms with van der Waals surface area (Å²) in [5.74, 6) is -1.37. The van der Waals surface area contributed by atoms with E-state index in [1.54, 1.807) is 0 Å². The van der Waals surface area contributed by atoms with Gasteiger partial charge < -0.3 is 4.90 Å². The number of fused-ring (bicyclic) bond motifs is 1. The first-order valence-corrected chi connectivity index (χ1v) is 13.3. The number of likely N-dealkylation sites (tertiary alicyclic amines) is 1. The van der Waals surface area contributed by atoms with Gasteiger partial charge in [-0.3, -0.25) is 24.6 Å². The number of hydrogen-bond donors (Lipinski definition) is 1. The van der Waals surface area contributed by atoms with E-state index in [0.29, 0.717) is 17.5 Å². The van der Waals surface area contributed by atoms with Gasteiger partial charge in [0.15, 0.2) is 0 Å². The third kappa shape index (κ3) is 4.74. The Morgan fingerprint density at radius 3 is 2.29 bits per heavy atom. The van der Waals surface area contributed by atoms with Crippen molar-refractivity contribution in [3.05, 3.63) is 94.8 Å². The summed E-state index contributed by atoms with van der Waals surface area (Å²) in [5, 5.41) is 2.31. The van der Waals surface area contributed by atoms with E-state index < -0.39 is 11.9 Å². The smallest absolute Gasteiger partial charge is 0.255 e. The molecule has 194 valence electrons. The fraction of sp³-hybridized carbons (Fsp3) is 0.323. The lowest BCUT2D eigenvalue weighted by molar-refractivity contribution is -0.136. The highest BCUT2D eigenvalue weighted by atomic mass is 19.1. The highest BCUT2D eigenvalue weighted by Gasteiger charge is 2.40. The van der Waals surface area contributed by atoms with Gasteiger partial charge in [-0.05, 0) is 72.2 Å². The van der Waals surface area contributed by atoms with Crippen LogP contribution < -0.4 is 5.32 Å². The van der Waals surface area contributed by atoms with Crippen LogP contribution in [0.3, 0.4) is 0 Å². The quantitative estimate of drug-likeness (QED) is 0.507. The van der Waals surface area contributed by atoms with Gasteiger partial charge in [-0.2, -0.15) is 0 Å². The Morgan fingerprint density at radius 2 is 1.58 bits per heavy atom. The molecule has 0 saturated carbocycles. The van der Waals surface area contributed by atoms with Crippen molar-refractivity contribution in [3.8, 4) is 11.1 Å². The topological polar surface area (TPSA) is 69.7 Å². The Bertz CT molecular complexity index is 1380. The molecular weight excluding hydrogens is 481 g/mol. The highest BCUT2D eigenvalue weighted by molar-refractivity contribution is 6.05. The van der Waals surface area contributed by atoms with Crippen molar-refractivity contribution in [2.24, 2.45) is 0 Å². The normalized spacial score (nSPS) is 20.5. The van der Waals surface area contributed by atoms with Crippen molar-refractivity contribution in [1.82, 2.24) is 15.1 Å². The maximum atomic E-state index is 15.2. The molecule has 0 aromatic heterocycles. The lowest BCUT2D eigenvalue weighted by Crippen LogP contribution is -2.52. The predicted octanol–water partition coefficient (Wildman–Crippen LogP) is 4.63. The van der Waals surface area contributed by atoms with Gasteiger partial charge in [0.05, 0.1) is 0 Å². The molecule has 2 saturated heterocycles. The zero-order valence-electron chi connectivity index (χ0n) is 21.2. The molecule has 0 radical (unpaired) electrons. The van der Waals surface area contributed by atoms with Crippen LogP contribution in [0, 0.1) is 5.82 Å². The summed E-state index contributed by atoms with van der Waals surface area (Å²) >= 11 is 0. The second-order valence-electron chi connectivity index (χ2n) is 10.5. The summed E-state index contributed by atoms with van der Waals surface area (Å²) in [4.78, 5) is 40.7. The molecule has 3 aromatic carbocycles. The fourth-order valence-corrected chi connectivity index (χ4v) is 6.01. The Morgan fingerprint density at radius 1 is 0.868 bits per heavy atom. The number of carbonyl (C=O) groups excluding carboxylic acids is 3. The molecule has 0 spiro atoms. The Hall–Kier alpha value is -3.84. The van der Waals surface area contributed by atoms with Crippen LogP contribution in [-0.2, 0) is 22.7 Å². The van der Waals surface area contributed by atoms with Crippen LogP contribution in [0.4, 0.5) is 4.39 Å². The third-order valence-electron chi connectivity index (χ3n) is 8.14. The molecule has 1 unspecified atom stereocenters. The van der Waals surface area contributed by atoms with Gasteiger partial charge in [-0.1, -0.05) is 60.7 Å². The van der Waals surface area contributed by atoms with Gasteiger partial charge in [0.2, 0.25) is 11.8 Å². The largest absolute Gasteiger partial charge is 0.322 e. The van der Waals surface area contributed by atoms with Gasteiger partial charge in [-0.25, -0.2) is 4.39 Å². The van der Waals surface area contributed by atoms with Crippen LogP contribution in [0.25, 0.3) is 11.1 Å². The summed E-state index contributed by atoms with van der Waals surface area (Å²) < 4.78 is 15.2. The Labute approximate surface area is 221 Å². The molecule has 3 aromatic rings. The van der Waals surface area contributed by atoms with E-state index in [1.165, 1.54) is 27.7 Å². The van der Waals surface area contributed by atoms with Crippen molar-refractivity contribution in [2.75, 3.05) is 13.1 Å². The first-order chi connectivity index (χ1) is 18.5. The first-order valence-electron chi connectivity index (χ1n) is 13.3. The van der Waals surface area contributed by atoms with Crippen molar-refractivity contribution in [3.63, 3.8) is 0 Å². The summed E-state index contributed by atoms with van der Waals surface area (Å²) in [5.41, 5.74) is 5.42. The van der Waals surface area contributed by atoms with Gasteiger partial charge in [0, 0.05) is 25.1 Å². The number of nitrogens with zero attached hydrogens (tertiary/aromatic N) is 2. The number of imide groups is 1.